The third-order valence-corrected chi connectivity index (χ3v) is 2.43. The van der Waals surface area contributed by atoms with Crippen LogP contribution in [0.15, 0.2) is 0 Å². The molecule has 0 heterocycles. The van der Waals surface area contributed by atoms with Gasteiger partial charge in [0.2, 0.25) is 0 Å². The van der Waals surface area contributed by atoms with Gasteiger partial charge in [-0.15, -0.1) is 11.6 Å². The van der Waals surface area contributed by atoms with Gasteiger partial charge in [0.05, 0.1) is 6.54 Å². The normalized spacial score (nSPS) is 19.3. The Morgan fingerprint density at radius 2 is 2.07 bits per heavy atom. The van der Waals surface area contributed by atoms with E-state index in [1.54, 1.807) is 0 Å². The largest absolute Gasteiger partial charge is 0.480 e. The van der Waals surface area contributed by atoms with E-state index < -0.39 is 24.1 Å². The van der Waals surface area contributed by atoms with E-state index in [1.165, 1.54) is 0 Å². The van der Waals surface area contributed by atoms with Crippen LogP contribution in [0.1, 0.15) is 12.8 Å². The number of hydrogen-bond acceptors (Lipinski definition) is 2. The van der Waals surface area contributed by atoms with Gasteiger partial charge < -0.3 is 5.11 Å². The Labute approximate surface area is 89.8 Å². The van der Waals surface area contributed by atoms with Gasteiger partial charge in [-0.1, -0.05) is 0 Å². The summed E-state index contributed by atoms with van der Waals surface area (Å²) >= 11 is 5.40. The number of halogens is 4. The van der Waals surface area contributed by atoms with Crippen LogP contribution < -0.4 is 0 Å². The maximum atomic E-state index is 12.1. The van der Waals surface area contributed by atoms with Crippen molar-refractivity contribution in [2.75, 3.05) is 13.1 Å². The van der Waals surface area contributed by atoms with Crippen LogP contribution in [0.25, 0.3) is 0 Å². The first kappa shape index (κ1) is 12.6. The lowest BCUT2D eigenvalue weighted by molar-refractivity contribution is -0.150. The van der Waals surface area contributed by atoms with E-state index in [2.05, 4.69) is 0 Å². The van der Waals surface area contributed by atoms with E-state index in [0.29, 0.717) is 12.8 Å². The average molecular weight is 246 g/mol. The minimum atomic E-state index is -4.31. The molecule has 1 N–H and O–H groups in total. The number of carbonyl (C=O) groups is 1. The van der Waals surface area contributed by atoms with Crippen molar-refractivity contribution in [2.24, 2.45) is 0 Å². The van der Waals surface area contributed by atoms with Crippen molar-refractivity contribution in [3.63, 3.8) is 0 Å². The molecule has 0 aromatic rings. The number of hydrogen-bond donors (Lipinski definition) is 1. The molecule has 1 saturated carbocycles. The van der Waals surface area contributed by atoms with Crippen LogP contribution in [-0.2, 0) is 4.79 Å². The number of nitrogens with zero attached hydrogens (tertiary/aromatic N) is 1. The van der Waals surface area contributed by atoms with Crippen molar-refractivity contribution < 1.29 is 23.1 Å². The highest BCUT2D eigenvalue weighted by Gasteiger charge is 2.39. The van der Waals surface area contributed by atoms with Crippen LogP contribution in [0.3, 0.4) is 0 Å². The van der Waals surface area contributed by atoms with Gasteiger partial charge in [0.1, 0.15) is 5.38 Å². The molecular weight excluding hydrogens is 235 g/mol. The molecule has 0 amide bonds. The summed E-state index contributed by atoms with van der Waals surface area (Å²) in [5, 5.41) is 7.21. The summed E-state index contributed by atoms with van der Waals surface area (Å²) in [7, 11) is 0. The zero-order valence-electron chi connectivity index (χ0n) is 7.80. The third kappa shape index (κ3) is 4.70. The maximum Gasteiger partial charge on any atom is 0.401 e. The molecule has 15 heavy (non-hydrogen) atoms. The van der Waals surface area contributed by atoms with Crippen molar-refractivity contribution in [1.82, 2.24) is 4.90 Å². The Morgan fingerprint density at radius 1 is 1.53 bits per heavy atom. The quantitative estimate of drug-likeness (QED) is 0.750. The van der Waals surface area contributed by atoms with Gasteiger partial charge in [0, 0.05) is 12.6 Å². The summed E-state index contributed by atoms with van der Waals surface area (Å²) in [6, 6.07) is -0.160. The lowest BCUT2D eigenvalue weighted by Crippen LogP contribution is -2.41. The SMILES string of the molecule is O=C(O)C(Cl)CN(CC(F)(F)F)C1CC1. The van der Waals surface area contributed by atoms with Crippen molar-refractivity contribution in [1.29, 1.82) is 0 Å². The first-order chi connectivity index (χ1) is 6.79. The summed E-state index contributed by atoms with van der Waals surface area (Å²) in [5.74, 6) is -1.29. The summed E-state index contributed by atoms with van der Waals surface area (Å²) in [6.45, 7) is -1.35. The molecule has 0 saturated heterocycles. The maximum absolute atomic E-state index is 12.1. The molecule has 0 spiro atoms. The first-order valence-electron chi connectivity index (χ1n) is 4.47. The van der Waals surface area contributed by atoms with Crippen molar-refractivity contribution >= 4 is 17.6 Å². The van der Waals surface area contributed by atoms with E-state index >= 15 is 0 Å². The number of carboxylic acid groups (broad SMARTS) is 1. The Bertz CT molecular complexity index is 243. The average Bonchev–Trinajstić information content (AvgIpc) is 2.81. The molecule has 7 heteroatoms. The third-order valence-electron chi connectivity index (χ3n) is 2.11. The molecule has 1 rings (SSSR count). The minimum absolute atomic E-state index is 0.160. The van der Waals surface area contributed by atoms with Crippen molar-refractivity contribution in [3.8, 4) is 0 Å². The zero-order valence-corrected chi connectivity index (χ0v) is 8.55. The molecule has 0 aromatic heterocycles. The summed E-state index contributed by atoms with van der Waals surface area (Å²) in [4.78, 5) is 11.5. The Kier molecular flexibility index (Phi) is 3.83. The second kappa shape index (κ2) is 4.57. The zero-order chi connectivity index (χ0) is 11.6. The summed E-state index contributed by atoms with van der Waals surface area (Å²) in [5.41, 5.74) is 0. The van der Waals surface area contributed by atoms with E-state index in [-0.39, 0.29) is 12.6 Å². The lowest BCUT2D eigenvalue weighted by Gasteiger charge is -2.24. The predicted molar refractivity (Wildman–Crippen MR) is 47.9 cm³/mol. The molecule has 1 atom stereocenters. The fraction of sp³-hybridized carbons (Fsp3) is 0.875. The highest BCUT2D eigenvalue weighted by molar-refractivity contribution is 6.29. The van der Waals surface area contributed by atoms with Crippen LogP contribution in [0, 0.1) is 0 Å². The number of aliphatic carboxylic acids is 1. The Hall–Kier alpha value is -0.490. The van der Waals surface area contributed by atoms with Crippen LogP contribution in [0.4, 0.5) is 13.2 Å². The Morgan fingerprint density at radius 3 is 2.40 bits per heavy atom. The highest BCUT2D eigenvalue weighted by Crippen LogP contribution is 2.30. The van der Waals surface area contributed by atoms with E-state index in [9.17, 15) is 18.0 Å². The van der Waals surface area contributed by atoms with Gasteiger partial charge in [-0.2, -0.15) is 13.2 Å². The van der Waals surface area contributed by atoms with Gasteiger partial charge in [0.25, 0.3) is 0 Å². The smallest absolute Gasteiger partial charge is 0.401 e. The standard InChI is InChI=1S/C8H11ClF3NO2/c9-6(7(14)15)3-13(5-1-2-5)4-8(10,11)12/h5-6H,1-4H2,(H,14,15). The molecule has 1 unspecified atom stereocenters. The second-order valence-corrected chi connectivity index (χ2v) is 4.11. The molecule has 1 aliphatic carbocycles. The number of rotatable bonds is 5. The van der Waals surface area contributed by atoms with Gasteiger partial charge in [-0.3, -0.25) is 9.69 Å². The predicted octanol–water partition coefficient (Wildman–Crippen LogP) is 1.71. The first-order valence-corrected chi connectivity index (χ1v) is 4.91. The fourth-order valence-electron chi connectivity index (χ4n) is 1.30. The van der Waals surface area contributed by atoms with Crippen LogP contribution in [-0.4, -0.2) is 46.7 Å². The fourth-order valence-corrected chi connectivity index (χ4v) is 1.47. The van der Waals surface area contributed by atoms with E-state index in [4.69, 9.17) is 16.7 Å². The molecular formula is C8H11ClF3NO2. The molecule has 1 fully saturated rings. The molecule has 88 valence electrons. The molecule has 1 aliphatic rings. The highest BCUT2D eigenvalue weighted by atomic mass is 35.5. The van der Waals surface area contributed by atoms with Gasteiger partial charge in [-0.05, 0) is 12.8 Å². The minimum Gasteiger partial charge on any atom is -0.480 e. The van der Waals surface area contributed by atoms with Gasteiger partial charge >= 0.3 is 12.1 Å². The topological polar surface area (TPSA) is 40.5 Å². The molecule has 0 aliphatic heterocycles. The summed E-state index contributed by atoms with van der Waals surface area (Å²) in [6.07, 6.45) is -2.95. The van der Waals surface area contributed by atoms with E-state index in [1.807, 2.05) is 0 Å². The summed E-state index contributed by atoms with van der Waals surface area (Å²) < 4.78 is 36.3. The van der Waals surface area contributed by atoms with Crippen LogP contribution in [0.5, 0.6) is 0 Å². The Balaban J connectivity index is 2.47. The lowest BCUT2D eigenvalue weighted by atomic mass is 10.3. The molecule has 0 radical (unpaired) electrons. The monoisotopic (exact) mass is 245 g/mol. The van der Waals surface area contributed by atoms with E-state index in [0.717, 1.165) is 4.90 Å². The number of carboxylic acids is 1. The van der Waals surface area contributed by atoms with Crippen LogP contribution in [0.2, 0.25) is 0 Å². The second-order valence-electron chi connectivity index (χ2n) is 3.58. The molecule has 3 nitrogen and oxygen atoms in total. The molecule has 0 aromatic carbocycles. The van der Waals surface area contributed by atoms with Crippen LogP contribution >= 0.6 is 11.6 Å². The van der Waals surface area contributed by atoms with Gasteiger partial charge in [0.15, 0.2) is 0 Å². The van der Waals surface area contributed by atoms with Crippen molar-refractivity contribution in [2.45, 2.75) is 30.4 Å². The number of alkyl halides is 4. The molecule has 0 bridgehead atoms. The van der Waals surface area contributed by atoms with Crippen molar-refractivity contribution in [3.05, 3.63) is 0 Å². The van der Waals surface area contributed by atoms with Gasteiger partial charge in [-0.25, -0.2) is 0 Å².